The molecule has 3 rings (SSSR count). The Morgan fingerprint density at radius 3 is 2.71 bits per heavy atom. The predicted octanol–water partition coefficient (Wildman–Crippen LogP) is 3.91. The minimum atomic E-state index is -0.489. The fourth-order valence-corrected chi connectivity index (χ4v) is 2.45. The fraction of sp³-hybridized carbons (Fsp3) is 0.118. The second-order valence-electron chi connectivity index (χ2n) is 5.15. The first-order valence-electron chi connectivity index (χ1n) is 7.13. The zero-order valence-corrected chi connectivity index (χ0v) is 13.0. The molecule has 0 saturated heterocycles. The van der Waals surface area contributed by atoms with E-state index in [1.54, 1.807) is 37.3 Å². The lowest BCUT2D eigenvalue weighted by atomic mass is 10.1. The first-order valence-corrected chi connectivity index (χ1v) is 7.13. The molecule has 7 heteroatoms. The number of rotatable bonds is 4. The van der Waals surface area contributed by atoms with Crippen LogP contribution in [0.2, 0.25) is 0 Å². The Morgan fingerprint density at radius 2 is 2.00 bits per heavy atom. The lowest BCUT2D eigenvalue weighted by Gasteiger charge is -2.07. The van der Waals surface area contributed by atoms with E-state index in [9.17, 15) is 14.9 Å². The van der Waals surface area contributed by atoms with Crippen LogP contribution in [0.5, 0.6) is 5.75 Å². The SMILES string of the molecule is COc1cccc2cc(C(=O)Nc3cccc([N+](=O)[O-])c3C)oc12. The molecule has 0 radical (unpaired) electrons. The highest BCUT2D eigenvalue weighted by molar-refractivity contribution is 6.05. The lowest BCUT2D eigenvalue weighted by molar-refractivity contribution is -0.385. The van der Waals surface area contributed by atoms with Gasteiger partial charge in [-0.15, -0.1) is 0 Å². The van der Waals surface area contributed by atoms with Gasteiger partial charge in [0.2, 0.25) is 0 Å². The third kappa shape index (κ3) is 2.67. The van der Waals surface area contributed by atoms with Crippen LogP contribution in [-0.2, 0) is 0 Å². The maximum absolute atomic E-state index is 12.4. The van der Waals surface area contributed by atoms with Crippen molar-refractivity contribution in [2.45, 2.75) is 6.92 Å². The van der Waals surface area contributed by atoms with E-state index in [1.807, 2.05) is 0 Å². The van der Waals surface area contributed by atoms with Gasteiger partial charge in [0.05, 0.1) is 23.3 Å². The molecule has 0 saturated carbocycles. The van der Waals surface area contributed by atoms with E-state index in [-0.39, 0.29) is 11.4 Å². The second-order valence-corrected chi connectivity index (χ2v) is 5.15. The van der Waals surface area contributed by atoms with Crippen molar-refractivity contribution in [2.24, 2.45) is 0 Å². The van der Waals surface area contributed by atoms with Crippen molar-refractivity contribution in [3.05, 3.63) is 63.9 Å². The Bertz CT molecular complexity index is 945. The summed E-state index contributed by atoms with van der Waals surface area (Å²) in [5, 5.41) is 14.4. The molecule has 0 bridgehead atoms. The standard InChI is InChI=1S/C17H14N2O5/c1-10-12(6-4-7-13(10)19(21)22)18-17(20)15-9-11-5-3-8-14(23-2)16(11)24-15/h3-9H,1-2H3,(H,18,20). The third-order valence-electron chi connectivity index (χ3n) is 3.70. The summed E-state index contributed by atoms with van der Waals surface area (Å²) in [4.78, 5) is 22.9. The van der Waals surface area contributed by atoms with Crippen LogP contribution < -0.4 is 10.1 Å². The molecule has 0 aliphatic rings. The van der Waals surface area contributed by atoms with Gasteiger partial charge in [-0.05, 0) is 25.1 Å². The summed E-state index contributed by atoms with van der Waals surface area (Å²) in [7, 11) is 1.52. The van der Waals surface area contributed by atoms with E-state index in [0.717, 1.165) is 5.39 Å². The summed E-state index contributed by atoms with van der Waals surface area (Å²) in [6.07, 6.45) is 0. The van der Waals surface area contributed by atoms with Crippen molar-refractivity contribution in [3.8, 4) is 5.75 Å². The predicted molar refractivity (Wildman–Crippen MR) is 88.6 cm³/mol. The number of hydrogen-bond donors (Lipinski definition) is 1. The number of carbonyl (C=O) groups is 1. The summed E-state index contributed by atoms with van der Waals surface area (Å²) in [5.74, 6) is 0.135. The third-order valence-corrected chi connectivity index (χ3v) is 3.70. The molecule has 0 aliphatic carbocycles. The first-order chi connectivity index (χ1) is 11.5. The minimum Gasteiger partial charge on any atom is -0.493 e. The number of anilines is 1. The molecule has 0 atom stereocenters. The van der Waals surface area contributed by atoms with Crippen LogP contribution >= 0.6 is 0 Å². The molecular weight excluding hydrogens is 312 g/mol. The van der Waals surface area contributed by atoms with Crippen molar-refractivity contribution in [1.82, 2.24) is 0 Å². The first kappa shape index (κ1) is 15.5. The lowest BCUT2D eigenvalue weighted by Crippen LogP contribution is -2.12. The largest absolute Gasteiger partial charge is 0.493 e. The van der Waals surface area contributed by atoms with Crippen molar-refractivity contribution in [3.63, 3.8) is 0 Å². The number of furan rings is 1. The van der Waals surface area contributed by atoms with E-state index in [1.165, 1.54) is 19.2 Å². The minimum absolute atomic E-state index is 0.0564. The number of benzene rings is 2. The van der Waals surface area contributed by atoms with Crippen LogP contribution in [-0.4, -0.2) is 17.9 Å². The molecule has 0 unspecified atom stereocenters. The summed E-state index contributed by atoms with van der Waals surface area (Å²) >= 11 is 0. The van der Waals surface area contributed by atoms with Crippen LogP contribution in [0.4, 0.5) is 11.4 Å². The number of methoxy groups -OCH3 is 1. The van der Waals surface area contributed by atoms with Crippen LogP contribution in [0.25, 0.3) is 11.0 Å². The molecule has 7 nitrogen and oxygen atoms in total. The second kappa shape index (κ2) is 6.04. The zero-order chi connectivity index (χ0) is 17.3. The summed E-state index contributed by atoms with van der Waals surface area (Å²) < 4.78 is 10.8. The number of amides is 1. The molecule has 0 spiro atoms. The van der Waals surface area contributed by atoms with Crippen molar-refractivity contribution in [1.29, 1.82) is 0 Å². The van der Waals surface area contributed by atoms with Gasteiger partial charge in [0.25, 0.3) is 11.6 Å². The van der Waals surface area contributed by atoms with Gasteiger partial charge in [-0.1, -0.05) is 18.2 Å². The molecular formula is C17H14N2O5. The smallest absolute Gasteiger partial charge is 0.291 e. The van der Waals surface area contributed by atoms with E-state index < -0.39 is 10.8 Å². The fourth-order valence-electron chi connectivity index (χ4n) is 2.45. The number of hydrogen-bond acceptors (Lipinski definition) is 5. The van der Waals surface area contributed by atoms with E-state index in [0.29, 0.717) is 22.6 Å². The molecule has 24 heavy (non-hydrogen) atoms. The number of ether oxygens (including phenoxy) is 1. The number of nitrogens with one attached hydrogen (secondary N) is 1. The van der Waals surface area contributed by atoms with Gasteiger partial charge in [0.1, 0.15) is 0 Å². The number of nitrogens with zero attached hydrogens (tertiary/aromatic N) is 1. The average Bonchev–Trinajstić information content (AvgIpc) is 3.00. The average molecular weight is 326 g/mol. The maximum Gasteiger partial charge on any atom is 0.291 e. The summed E-state index contributed by atoms with van der Waals surface area (Å²) in [6.45, 7) is 1.58. The Balaban J connectivity index is 1.94. The monoisotopic (exact) mass is 326 g/mol. The van der Waals surface area contributed by atoms with Crippen molar-refractivity contribution < 1.29 is 18.9 Å². The zero-order valence-electron chi connectivity index (χ0n) is 13.0. The Labute approximate surface area is 137 Å². The van der Waals surface area contributed by atoms with Gasteiger partial charge >= 0.3 is 0 Å². The van der Waals surface area contributed by atoms with Gasteiger partial charge < -0.3 is 14.5 Å². The molecule has 1 amide bonds. The topological polar surface area (TPSA) is 94.6 Å². The Morgan fingerprint density at radius 1 is 1.25 bits per heavy atom. The van der Waals surface area contributed by atoms with Crippen LogP contribution in [0.1, 0.15) is 16.1 Å². The number of carbonyl (C=O) groups excluding carboxylic acids is 1. The number of para-hydroxylation sites is 1. The Kier molecular flexibility index (Phi) is 3.91. The van der Waals surface area contributed by atoms with E-state index in [2.05, 4.69) is 5.32 Å². The molecule has 0 aliphatic heterocycles. The summed E-state index contributed by atoms with van der Waals surface area (Å²) in [6, 6.07) is 11.4. The van der Waals surface area contributed by atoms with E-state index in [4.69, 9.17) is 9.15 Å². The highest BCUT2D eigenvalue weighted by Crippen LogP contribution is 2.30. The van der Waals surface area contributed by atoms with Crippen LogP contribution in [0, 0.1) is 17.0 Å². The molecule has 1 heterocycles. The van der Waals surface area contributed by atoms with Gasteiger partial charge in [-0.2, -0.15) is 0 Å². The van der Waals surface area contributed by atoms with Crippen LogP contribution in [0.3, 0.4) is 0 Å². The molecule has 122 valence electrons. The molecule has 2 aromatic carbocycles. The number of fused-ring (bicyclic) bond motifs is 1. The van der Waals surface area contributed by atoms with Crippen LogP contribution in [0.15, 0.2) is 46.9 Å². The quantitative estimate of drug-likeness (QED) is 0.579. The number of nitro benzene ring substituents is 1. The van der Waals surface area contributed by atoms with Crippen molar-refractivity contribution in [2.75, 3.05) is 12.4 Å². The summed E-state index contributed by atoms with van der Waals surface area (Å²) in [5.41, 5.74) is 1.16. The van der Waals surface area contributed by atoms with Crippen molar-refractivity contribution >= 4 is 28.3 Å². The normalized spacial score (nSPS) is 10.6. The maximum atomic E-state index is 12.4. The highest BCUT2D eigenvalue weighted by atomic mass is 16.6. The highest BCUT2D eigenvalue weighted by Gasteiger charge is 2.18. The van der Waals surface area contributed by atoms with Gasteiger partial charge in [-0.25, -0.2) is 0 Å². The van der Waals surface area contributed by atoms with Gasteiger partial charge in [0, 0.05) is 11.5 Å². The van der Waals surface area contributed by atoms with Gasteiger partial charge in [-0.3, -0.25) is 14.9 Å². The van der Waals surface area contributed by atoms with E-state index >= 15 is 0 Å². The number of nitro groups is 1. The molecule has 1 N–H and O–H groups in total. The van der Waals surface area contributed by atoms with Gasteiger partial charge in [0.15, 0.2) is 17.1 Å². The Hall–Kier alpha value is -3.35. The molecule has 0 fully saturated rings. The molecule has 3 aromatic rings. The molecule has 1 aromatic heterocycles.